The van der Waals surface area contributed by atoms with Crippen LogP contribution in [-0.2, 0) is 20.8 Å². The van der Waals surface area contributed by atoms with E-state index >= 15 is 0 Å². The SMILES string of the molecule is NC(=O)C(CNC(=O)CCCNC(=O)C1CC1)Cc1ccc(F)cc1. The van der Waals surface area contributed by atoms with Gasteiger partial charge in [-0.25, -0.2) is 4.39 Å². The van der Waals surface area contributed by atoms with E-state index in [1.807, 2.05) is 0 Å². The van der Waals surface area contributed by atoms with Crippen LogP contribution in [0.2, 0.25) is 0 Å². The molecule has 0 aliphatic heterocycles. The maximum Gasteiger partial charge on any atom is 0.223 e. The van der Waals surface area contributed by atoms with Crippen LogP contribution < -0.4 is 16.4 Å². The molecule has 0 saturated heterocycles. The molecule has 1 aliphatic rings. The van der Waals surface area contributed by atoms with Gasteiger partial charge in [0.1, 0.15) is 5.82 Å². The Bertz CT molecular complexity index is 614. The second kappa shape index (κ2) is 9.15. The van der Waals surface area contributed by atoms with Crippen LogP contribution in [0.15, 0.2) is 24.3 Å². The van der Waals surface area contributed by atoms with E-state index in [1.165, 1.54) is 12.1 Å². The van der Waals surface area contributed by atoms with Crippen molar-refractivity contribution in [1.82, 2.24) is 10.6 Å². The van der Waals surface area contributed by atoms with Gasteiger partial charge in [-0.3, -0.25) is 14.4 Å². The predicted octanol–water partition coefficient (Wildman–Crippen LogP) is 0.892. The number of carbonyl (C=O) groups excluding carboxylic acids is 3. The largest absolute Gasteiger partial charge is 0.369 e. The van der Waals surface area contributed by atoms with Crippen LogP contribution in [0, 0.1) is 17.7 Å². The summed E-state index contributed by atoms with van der Waals surface area (Å²) in [5, 5.41) is 5.49. The van der Waals surface area contributed by atoms with E-state index in [-0.39, 0.29) is 36.5 Å². The van der Waals surface area contributed by atoms with Crippen LogP contribution in [-0.4, -0.2) is 30.8 Å². The van der Waals surface area contributed by atoms with Gasteiger partial charge in [0.2, 0.25) is 17.7 Å². The molecule has 6 nitrogen and oxygen atoms in total. The first kappa shape index (κ1) is 18.9. The summed E-state index contributed by atoms with van der Waals surface area (Å²) in [6, 6.07) is 5.83. The molecule has 0 aromatic heterocycles. The van der Waals surface area contributed by atoms with Gasteiger partial charge in [-0.2, -0.15) is 0 Å². The first-order valence-corrected chi connectivity index (χ1v) is 8.54. The Hall–Kier alpha value is -2.44. The summed E-state index contributed by atoms with van der Waals surface area (Å²) in [7, 11) is 0. The number of benzene rings is 1. The Morgan fingerprint density at radius 2 is 1.84 bits per heavy atom. The zero-order valence-corrected chi connectivity index (χ0v) is 14.1. The number of primary amides is 1. The molecule has 136 valence electrons. The Balaban J connectivity index is 1.66. The van der Waals surface area contributed by atoms with E-state index in [2.05, 4.69) is 10.6 Å². The number of amides is 3. The van der Waals surface area contributed by atoms with Crippen molar-refractivity contribution in [3.8, 4) is 0 Å². The fourth-order valence-corrected chi connectivity index (χ4v) is 2.45. The lowest BCUT2D eigenvalue weighted by Crippen LogP contribution is -2.37. The van der Waals surface area contributed by atoms with Gasteiger partial charge in [-0.15, -0.1) is 0 Å². The molecule has 25 heavy (non-hydrogen) atoms. The number of nitrogens with two attached hydrogens (primary N) is 1. The molecule has 1 fully saturated rings. The monoisotopic (exact) mass is 349 g/mol. The third-order valence-electron chi connectivity index (χ3n) is 4.17. The molecule has 0 radical (unpaired) electrons. The minimum Gasteiger partial charge on any atom is -0.369 e. The van der Waals surface area contributed by atoms with Crippen LogP contribution >= 0.6 is 0 Å². The predicted molar refractivity (Wildman–Crippen MR) is 90.8 cm³/mol. The summed E-state index contributed by atoms with van der Waals surface area (Å²) in [6.45, 7) is 0.609. The normalized spacial score (nSPS) is 14.6. The highest BCUT2D eigenvalue weighted by molar-refractivity contribution is 5.81. The van der Waals surface area contributed by atoms with E-state index < -0.39 is 11.8 Å². The topological polar surface area (TPSA) is 101 Å². The van der Waals surface area contributed by atoms with E-state index in [1.54, 1.807) is 12.1 Å². The van der Waals surface area contributed by atoms with Gasteiger partial charge in [-0.1, -0.05) is 12.1 Å². The standard InChI is InChI=1S/C18H24FN3O3/c19-15-7-3-12(4-8-15)10-14(17(20)24)11-22-16(23)2-1-9-21-18(25)13-5-6-13/h3-4,7-8,13-14H,1-2,5-6,9-11H2,(H2,20,24)(H,21,25)(H,22,23). The van der Waals surface area contributed by atoms with Gasteiger partial charge in [0.25, 0.3) is 0 Å². The molecule has 3 amide bonds. The maximum atomic E-state index is 12.9. The molecule has 1 aromatic rings. The zero-order chi connectivity index (χ0) is 18.2. The van der Waals surface area contributed by atoms with Crippen LogP contribution in [0.4, 0.5) is 4.39 Å². The number of carbonyl (C=O) groups is 3. The molecule has 1 aromatic carbocycles. The second-order valence-corrected chi connectivity index (χ2v) is 6.40. The van der Waals surface area contributed by atoms with Crippen molar-refractivity contribution in [2.24, 2.45) is 17.6 Å². The van der Waals surface area contributed by atoms with Gasteiger partial charge >= 0.3 is 0 Å². The molecular formula is C18H24FN3O3. The number of hydrogen-bond acceptors (Lipinski definition) is 3. The molecule has 1 saturated carbocycles. The van der Waals surface area contributed by atoms with Crippen molar-refractivity contribution in [3.05, 3.63) is 35.6 Å². The summed E-state index contributed by atoms with van der Waals surface area (Å²) in [6.07, 6.45) is 3.06. The summed E-state index contributed by atoms with van der Waals surface area (Å²) in [5.41, 5.74) is 6.16. The molecule has 1 unspecified atom stereocenters. The summed E-state index contributed by atoms with van der Waals surface area (Å²) < 4.78 is 12.9. The number of nitrogens with one attached hydrogen (secondary N) is 2. The lowest BCUT2D eigenvalue weighted by molar-refractivity contribution is -0.124. The highest BCUT2D eigenvalue weighted by Crippen LogP contribution is 2.28. The molecule has 1 atom stereocenters. The molecule has 0 bridgehead atoms. The van der Waals surface area contributed by atoms with Crippen molar-refractivity contribution in [1.29, 1.82) is 0 Å². The molecular weight excluding hydrogens is 325 g/mol. The van der Waals surface area contributed by atoms with E-state index in [9.17, 15) is 18.8 Å². The third kappa shape index (κ3) is 6.91. The summed E-state index contributed by atoms with van der Waals surface area (Å²) in [4.78, 5) is 34.8. The van der Waals surface area contributed by atoms with Crippen molar-refractivity contribution in [2.45, 2.75) is 32.1 Å². The molecule has 0 spiro atoms. The van der Waals surface area contributed by atoms with Gasteiger partial charge in [-0.05, 0) is 43.4 Å². The number of halogens is 1. The Morgan fingerprint density at radius 3 is 2.44 bits per heavy atom. The zero-order valence-electron chi connectivity index (χ0n) is 14.1. The smallest absolute Gasteiger partial charge is 0.223 e. The lowest BCUT2D eigenvalue weighted by Gasteiger charge is -2.14. The quantitative estimate of drug-likeness (QED) is 0.547. The molecule has 4 N–H and O–H groups in total. The van der Waals surface area contributed by atoms with Crippen LogP contribution in [0.1, 0.15) is 31.2 Å². The molecule has 0 heterocycles. The summed E-state index contributed by atoms with van der Waals surface area (Å²) in [5.74, 6) is -1.37. The average Bonchev–Trinajstić information content (AvgIpc) is 3.41. The third-order valence-corrected chi connectivity index (χ3v) is 4.17. The molecule has 2 rings (SSSR count). The molecule has 1 aliphatic carbocycles. The number of hydrogen-bond donors (Lipinski definition) is 3. The van der Waals surface area contributed by atoms with Gasteiger partial charge in [0.05, 0.1) is 5.92 Å². The Kier molecular flexibility index (Phi) is 6.91. The highest BCUT2D eigenvalue weighted by atomic mass is 19.1. The van der Waals surface area contributed by atoms with Crippen molar-refractivity contribution < 1.29 is 18.8 Å². The van der Waals surface area contributed by atoms with Gasteiger partial charge in [0, 0.05) is 25.4 Å². The van der Waals surface area contributed by atoms with E-state index in [4.69, 9.17) is 5.73 Å². The Labute approximate surface area is 146 Å². The van der Waals surface area contributed by atoms with Crippen molar-refractivity contribution in [3.63, 3.8) is 0 Å². The van der Waals surface area contributed by atoms with Crippen LogP contribution in [0.3, 0.4) is 0 Å². The number of rotatable bonds is 10. The maximum absolute atomic E-state index is 12.9. The minimum absolute atomic E-state index is 0.0634. The van der Waals surface area contributed by atoms with Crippen molar-refractivity contribution >= 4 is 17.7 Å². The fraction of sp³-hybridized carbons (Fsp3) is 0.500. The van der Waals surface area contributed by atoms with Crippen molar-refractivity contribution in [2.75, 3.05) is 13.1 Å². The average molecular weight is 349 g/mol. The lowest BCUT2D eigenvalue weighted by atomic mass is 9.98. The first-order valence-electron chi connectivity index (χ1n) is 8.54. The fourth-order valence-electron chi connectivity index (χ4n) is 2.45. The van der Waals surface area contributed by atoms with Crippen LogP contribution in [0.25, 0.3) is 0 Å². The highest BCUT2D eigenvalue weighted by Gasteiger charge is 2.29. The van der Waals surface area contributed by atoms with E-state index in [0.29, 0.717) is 19.4 Å². The first-order chi connectivity index (χ1) is 12.0. The minimum atomic E-state index is -0.552. The Morgan fingerprint density at radius 1 is 1.16 bits per heavy atom. The summed E-state index contributed by atoms with van der Waals surface area (Å²) >= 11 is 0. The van der Waals surface area contributed by atoms with Gasteiger partial charge < -0.3 is 16.4 Å². The van der Waals surface area contributed by atoms with Crippen LogP contribution in [0.5, 0.6) is 0 Å². The second-order valence-electron chi connectivity index (χ2n) is 6.40. The van der Waals surface area contributed by atoms with Gasteiger partial charge in [0.15, 0.2) is 0 Å². The van der Waals surface area contributed by atoms with E-state index in [0.717, 1.165) is 18.4 Å². The molecule has 7 heteroatoms.